The van der Waals surface area contributed by atoms with Crippen LogP contribution in [-0.4, -0.2) is 49.8 Å². The Bertz CT molecular complexity index is 787. The van der Waals surface area contributed by atoms with E-state index in [9.17, 15) is 9.59 Å². The third-order valence-electron chi connectivity index (χ3n) is 3.03. The molecule has 22 heavy (non-hydrogen) atoms. The molecule has 0 unspecified atom stereocenters. The summed E-state index contributed by atoms with van der Waals surface area (Å²) in [6, 6.07) is 1.72. The van der Waals surface area contributed by atoms with Crippen molar-refractivity contribution in [1.82, 2.24) is 9.80 Å². The minimum Gasteiger partial charge on any atom is -0.344 e. The quantitative estimate of drug-likeness (QED) is 0.610. The summed E-state index contributed by atoms with van der Waals surface area (Å²) in [5, 5.41) is 1.84. The summed E-state index contributed by atoms with van der Waals surface area (Å²) >= 11 is 14.3. The van der Waals surface area contributed by atoms with Crippen LogP contribution in [0, 0.1) is 0 Å². The van der Waals surface area contributed by atoms with Gasteiger partial charge in [-0.3, -0.25) is 9.59 Å². The van der Waals surface area contributed by atoms with Crippen molar-refractivity contribution in [3.8, 4) is 0 Å². The van der Waals surface area contributed by atoms with Crippen molar-refractivity contribution in [2.24, 2.45) is 0 Å². The summed E-state index contributed by atoms with van der Waals surface area (Å²) in [4.78, 5) is 28.9. The summed E-state index contributed by atoms with van der Waals surface area (Å²) in [5.74, 6) is -0.314. The highest BCUT2D eigenvalue weighted by atomic mass is 79.9. The van der Waals surface area contributed by atoms with E-state index in [2.05, 4.69) is 31.9 Å². The molecule has 118 valence electrons. The van der Waals surface area contributed by atoms with E-state index in [1.807, 2.05) is 0 Å². The number of hydrogen-bond acceptors (Lipinski definition) is 3. The van der Waals surface area contributed by atoms with E-state index in [-0.39, 0.29) is 11.8 Å². The number of nitrogens with zero attached hydrogens (tertiary/aromatic N) is 2. The topological polar surface area (TPSA) is 40.6 Å². The average molecular weight is 469 g/mol. The predicted octanol–water partition coefficient (Wildman–Crippen LogP) is 4.48. The van der Waals surface area contributed by atoms with E-state index >= 15 is 0 Å². The van der Waals surface area contributed by atoms with E-state index in [1.165, 1.54) is 21.1 Å². The molecule has 0 saturated heterocycles. The smallest absolute Gasteiger partial charge is 0.264 e. The van der Waals surface area contributed by atoms with E-state index in [1.54, 1.807) is 34.3 Å². The molecule has 2 aromatic rings. The highest BCUT2D eigenvalue weighted by Crippen LogP contribution is 2.44. The first kappa shape index (κ1) is 17.7. The zero-order valence-electron chi connectivity index (χ0n) is 12.3. The standard InChI is InChI=1S/C14H13Br2ClN2O2S/c1-18(2)13(20)11-8-6(15)5-7(17)10(16)9(8)12(22-11)14(21)19(3)4/h5H,1-4H3. The van der Waals surface area contributed by atoms with Crippen LogP contribution >= 0.6 is 54.8 Å². The predicted molar refractivity (Wildman–Crippen MR) is 98.3 cm³/mol. The molecule has 1 heterocycles. The van der Waals surface area contributed by atoms with Crippen LogP contribution in [0.1, 0.15) is 19.3 Å². The Labute approximate surface area is 154 Å². The van der Waals surface area contributed by atoms with Crippen molar-refractivity contribution in [1.29, 1.82) is 0 Å². The van der Waals surface area contributed by atoms with Gasteiger partial charge in [0.25, 0.3) is 11.8 Å². The Kier molecular flexibility index (Phi) is 5.21. The molecule has 0 saturated carbocycles. The zero-order valence-corrected chi connectivity index (χ0v) is 17.1. The molecule has 0 fully saturated rings. The zero-order chi connectivity index (χ0) is 16.8. The molecule has 4 nitrogen and oxygen atoms in total. The first-order chi connectivity index (χ1) is 10.2. The van der Waals surface area contributed by atoms with Gasteiger partial charge in [0.2, 0.25) is 0 Å². The Morgan fingerprint density at radius 3 is 1.91 bits per heavy atom. The summed E-state index contributed by atoms with van der Waals surface area (Å²) < 4.78 is 1.31. The highest BCUT2D eigenvalue weighted by molar-refractivity contribution is 9.11. The van der Waals surface area contributed by atoms with Crippen LogP contribution in [0.15, 0.2) is 15.0 Å². The van der Waals surface area contributed by atoms with Crippen molar-refractivity contribution < 1.29 is 9.59 Å². The van der Waals surface area contributed by atoms with Crippen LogP contribution < -0.4 is 0 Å². The maximum absolute atomic E-state index is 12.5. The summed E-state index contributed by atoms with van der Waals surface area (Å²) in [5.41, 5.74) is 0. The minimum absolute atomic E-state index is 0.150. The Morgan fingerprint density at radius 2 is 1.45 bits per heavy atom. The lowest BCUT2D eigenvalue weighted by atomic mass is 10.1. The molecule has 0 spiro atoms. The molecule has 0 N–H and O–H groups in total. The molecule has 0 radical (unpaired) electrons. The van der Waals surface area contributed by atoms with E-state index in [0.29, 0.717) is 34.5 Å². The molecule has 0 aliphatic heterocycles. The summed E-state index contributed by atoms with van der Waals surface area (Å²) in [6.45, 7) is 0. The maximum Gasteiger partial charge on any atom is 0.264 e. The first-order valence-corrected chi connectivity index (χ1v) is 8.98. The normalized spacial score (nSPS) is 10.9. The van der Waals surface area contributed by atoms with Gasteiger partial charge in [0, 0.05) is 47.9 Å². The number of thiophene rings is 1. The number of carbonyl (C=O) groups is 2. The van der Waals surface area contributed by atoms with Gasteiger partial charge in [-0.15, -0.1) is 11.3 Å². The molecule has 0 aliphatic rings. The van der Waals surface area contributed by atoms with Crippen molar-refractivity contribution in [3.63, 3.8) is 0 Å². The molecule has 1 aromatic heterocycles. The van der Waals surface area contributed by atoms with Crippen LogP contribution in [0.5, 0.6) is 0 Å². The largest absolute Gasteiger partial charge is 0.344 e. The van der Waals surface area contributed by atoms with Crippen molar-refractivity contribution in [3.05, 3.63) is 29.8 Å². The Morgan fingerprint density at radius 1 is 1.00 bits per heavy atom. The first-order valence-electron chi connectivity index (χ1n) is 6.20. The van der Waals surface area contributed by atoms with Crippen molar-refractivity contribution in [2.75, 3.05) is 28.2 Å². The fourth-order valence-electron chi connectivity index (χ4n) is 1.94. The van der Waals surface area contributed by atoms with Gasteiger partial charge in [-0.2, -0.15) is 0 Å². The van der Waals surface area contributed by atoms with Gasteiger partial charge in [0.1, 0.15) is 9.75 Å². The van der Waals surface area contributed by atoms with E-state index in [0.717, 1.165) is 0 Å². The molecule has 8 heteroatoms. The van der Waals surface area contributed by atoms with Crippen molar-refractivity contribution >= 4 is 77.4 Å². The molecule has 1 aromatic carbocycles. The number of halogens is 3. The molecule has 0 atom stereocenters. The second-order valence-electron chi connectivity index (χ2n) is 5.06. The second-order valence-corrected chi connectivity index (χ2v) is 8.14. The van der Waals surface area contributed by atoms with Crippen LogP contribution in [0.3, 0.4) is 0 Å². The fourth-order valence-corrected chi connectivity index (χ4v) is 5.04. The number of carbonyl (C=O) groups excluding carboxylic acids is 2. The van der Waals surface area contributed by atoms with Gasteiger partial charge in [0.15, 0.2) is 0 Å². The maximum atomic E-state index is 12.5. The fraction of sp³-hybridized carbons (Fsp3) is 0.286. The molecule has 2 rings (SSSR count). The molecular weight excluding hydrogens is 455 g/mol. The van der Waals surface area contributed by atoms with Crippen LogP contribution in [0.2, 0.25) is 5.02 Å². The molecule has 2 amide bonds. The number of rotatable bonds is 2. The molecule has 0 aliphatic carbocycles. The van der Waals surface area contributed by atoms with Crippen LogP contribution in [-0.2, 0) is 0 Å². The van der Waals surface area contributed by atoms with Gasteiger partial charge in [-0.25, -0.2) is 0 Å². The Balaban J connectivity index is 2.93. The van der Waals surface area contributed by atoms with Gasteiger partial charge < -0.3 is 9.80 Å². The van der Waals surface area contributed by atoms with Crippen LogP contribution in [0.25, 0.3) is 10.8 Å². The lowest BCUT2D eigenvalue weighted by Gasteiger charge is -2.10. The average Bonchev–Trinajstić information content (AvgIpc) is 2.83. The van der Waals surface area contributed by atoms with E-state index in [4.69, 9.17) is 11.6 Å². The van der Waals surface area contributed by atoms with Crippen molar-refractivity contribution in [2.45, 2.75) is 0 Å². The third kappa shape index (κ3) is 2.91. The van der Waals surface area contributed by atoms with Gasteiger partial charge in [0.05, 0.1) is 5.02 Å². The molecule has 0 bridgehead atoms. The van der Waals surface area contributed by atoms with E-state index < -0.39 is 0 Å². The summed E-state index contributed by atoms with van der Waals surface area (Å²) in [6.07, 6.45) is 0. The second kappa shape index (κ2) is 6.47. The van der Waals surface area contributed by atoms with Gasteiger partial charge in [-0.1, -0.05) is 27.5 Å². The molecular formula is C14H13Br2ClN2O2S. The minimum atomic E-state index is -0.164. The number of fused-ring (bicyclic) bond motifs is 1. The number of hydrogen-bond donors (Lipinski definition) is 0. The lowest BCUT2D eigenvalue weighted by Crippen LogP contribution is -2.21. The monoisotopic (exact) mass is 466 g/mol. The lowest BCUT2D eigenvalue weighted by molar-refractivity contribution is 0.0829. The number of amides is 2. The SMILES string of the molecule is CN(C)C(=O)c1sc(C(=O)N(C)C)c2c(Br)c(Cl)cc(Br)c12. The van der Waals surface area contributed by atoms with Crippen LogP contribution in [0.4, 0.5) is 0 Å². The van der Waals surface area contributed by atoms with Gasteiger partial charge in [-0.05, 0) is 22.0 Å². The third-order valence-corrected chi connectivity index (χ3v) is 6.17. The summed E-state index contributed by atoms with van der Waals surface area (Å²) in [7, 11) is 6.71. The number of benzene rings is 1. The highest BCUT2D eigenvalue weighted by Gasteiger charge is 2.27. The Hall–Kier alpha value is -0.630. The van der Waals surface area contributed by atoms with Gasteiger partial charge >= 0.3 is 0 Å².